The van der Waals surface area contributed by atoms with Gasteiger partial charge in [0.2, 0.25) is 11.6 Å². The average Bonchev–Trinajstić information content (AvgIpc) is 3.43. The lowest BCUT2D eigenvalue weighted by Crippen LogP contribution is -2.42. The van der Waals surface area contributed by atoms with Crippen molar-refractivity contribution in [2.75, 3.05) is 30.5 Å². The summed E-state index contributed by atoms with van der Waals surface area (Å²) in [5.41, 5.74) is 3.78. The Kier molecular flexibility index (Phi) is 14.1. The fourth-order valence-corrected chi connectivity index (χ4v) is 9.37. The predicted molar refractivity (Wildman–Crippen MR) is 227 cm³/mol. The van der Waals surface area contributed by atoms with Crippen LogP contribution in [0.2, 0.25) is 0 Å². The molecule has 2 aromatic carbocycles. The van der Waals surface area contributed by atoms with Crippen molar-refractivity contribution in [2.45, 2.75) is 107 Å². The molecule has 0 aromatic heterocycles. The van der Waals surface area contributed by atoms with Gasteiger partial charge in [0.05, 0.1) is 21.2 Å². The van der Waals surface area contributed by atoms with Gasteiger partial charge in [-0.3, -0.25) is 18.4 Å². The minimum Gasteiger partial charge on any atom is -0.744 e. The molecule has 2 aliphatic heterocycles. The summed E-state index contributed by atoms with van der Waals surface area (Å²) in [6, 6.07) is 8.34. The van der Waals surface area contributed by atoms with E-state index in [1.807, 2.05) is 78.8 Å². The van der Waals surface area contributed by atoms with Gasteiger partial charge in [-0.2, -0.15) is 13.0 Å². The van der Waals surface area contributed by atoms with Crippen LogP contribution in [0.15, 0.2) is 82.3 Å². The molecule has 312 valence electrons. The summed E-state index contributed by atoms with van der Waals surface area (Å²) in [5, 5.41) is 4.05. The van der Waals surface area contributed by atoms with E-state index in [-0.39, 0.29) is 33.8 Å². The van der Waals surface area contributed by atoms with E-state index in [1.165, 1.54) is 42.1 Å². The highest BCUT2D eigenvalue weighted by atomic mass is 32.2. The number of hydrogen-bond donors (Lipinski definition) is 2. The number of ketones is 1. The van der Waals surface area contributed by atoms with E-state index >= 15 is 0 Å². The van der Waals surface area contributed by atoms with Gasteiger partial charge in [0.1, 0.15) is 16.7 Å². The molecule has 0 spiro atoms. The van der Waals surface area contributed by atoms with Gasteiger partial charge in [0.15, 0.2) is 11.5 Å². The van der Waals surface area contributed by atoms with Crippen LogP contribution in [-0.2, 0) is 50.2 Å². The fraction of sp³-hybridized carbons (Fsp3) is 0.476. The zero-order valence-electron chi connectivity index (χ0n) is 34.4. The molecule has 0 aliphatic carbocycles. The van der Waals surface area contributed by atoms with E-state index in [4.69, 9.17) is 0 Å². The van der Waals surface area contributed by atoms with Crippen molar-refractivity contribution in [1.29, 1.82) is 0 Å². The first kappa shape index (κ1) is 45.8. The Labute approximate surface area is 339 Å². The lowest BCUT2D eigenvalue weighted by Gasteiger charge is -2.25. The first-order valence-corrected chi connectivity index (χ1v) is 24.4. The predicted octanol–water partition coefficient (Wildman–Crippen LogP) is 6.03. The van der Waals surface area contributed by atoms with Crippen molar-refractivity contribution in [2.24, 2.45) is 5.92 Å². The van der Waals surface area contributed by atoms with Gasteiger partial charge in [-0.15, -0.1) is 0 Å². The summed E-state index contributed by atoms with van der Waals surface area (Å²) in [5.74, 6) is -0.428. The zero-order chi connectivity index (χ0) is 42.7. The highest BCUT2D eigenvalue weighted by Crippen LogP contribution is 2.48. The molecule has 4 rings (SSSR count). The van der Waals surface area contributed by atoms with Crippen LogP contribution < -0.4 is 10.2 Å². The maximum atomic E-state index is 12.9. The molecule has 2 aromatic rings. The van der Waals surface area contributed by atoms with E-state index < -0.39 is 46.6 Å². The number of likely N-dealkylation sites (N-methyl/N-ethyl adjacent to an activating group) is 1. The Balaban J connectivity index is 1.54. The smallest absolute Gasteiger partial charge is 0.294 e. The van der Waals surface area contributed by atoms with Crippen molar-refractivity contribution in [3.05, 3.63) is 83.6 Å². The monoisotopic (exact) mass is 843 g/mol. The van der Waals surface area contributed by atoms with E-state index in [2.05, 4.69) is 14.8 Å². The first-order valence-electron chi connectivity index (χ1n) is 19.1. The third-order valence-corrected chi connectivity index (χ3v) is 12.9. The first-order chi connectivity index (χ1) is 26.3. The Morgan fingerprint density at radius 3 is 2.14 bits per heavy atom. The van der Waals surface area contributed by atoms with Crippen molar-refractivity contribution in [3.63, 3.8) is 0 Å². The van der Waals surface area contributed by atoms with Crippen LogP contribution in [0.3, 0.4) is 0 Å². The summed E-state index contributed by atoms with van der Waals surface area (Å²) in [6.07, 6.45) is 15.3. The number of carbonyl (C=O) groups is 2. The van der Waals surface area contributed by atoms with Gasteiger partial charge in [-0.25, -0.2) is 8.42 Å². The molecular formula is C42H57N3O9S3. The number of carbonyl (C=O) groups excluding carboxylic acids is 2. The third-order valence-electron chi connectivity index (χ3n) is 10.4. The average molecular weight is 844 g/mol. The van der Waals surface area contributed by atoms with Crippen LogP contribution in [0.4, 0.5) is 11.4 Å². The molecule has 0 radical (unpaired) electrons. The molecule has 0 unspecified atom stereocenters. The van der Waals surface area contributed by atoms with Crippen LogP contribution in [0.5, 0.6) is 0 Å². The van der Waals surface area contributed by atoms with E-state index in [0.29, 0.717) is 38.8 Å². The van der Waals surface area contributed by atoms with Crippen molar-refractivity contribution >= 4 is 63.9 Å². The topological polar surface area (TPSA) is 181 Å². The molecule has 2 aliphatic rings. The molecule has 57 heavy (non-hydrogen) atoms. The number of nitrogens with zero attached hydrogens (tertiary/aromatic N) is 2. The minimum absolute atomic E-state index is 0.152. The molecule has 1 atom stereocenters. The van der Waals surface area contributed by atoms with E-state index in [1.54, 1.807) is 12.1 Å². The number of benzene rings is 2. The van der Waals surface area contributed by atoms with Gasteiger partial charge in [-0.05, 0) is 97.4 Å². The molecule has 0 saturated carbocycles. The summed E-state index contributed by atoms with van der Waals surface area (Å²) < 4.78 is 83.7. The van der Waals surface area contributed by atoms with E-state index in [9.17, 15) is 39.7 Å². The Morgan fingerprint density at radius 2 is 1.54 bits per heavy atom. The number of allylic oxidation sites excluding steroid dienone is 6. The molecule has 0 bridgehead atoms. The normalized spacial score (nSPS) is 17.8. The highest BCUT2D eigenvalue weighted by molar-refractivity contribution is 8.01. The SMILES string of the molecule is CCN1/C(=C/C=C/C=C/C2=[N+](CCCCCC(=O)N[C@@H](CC(C)C)C(=O)C=S(C)(C)=O)c3ccc(S(=O)(=O)O)cc3C2(C)C)C(C)(C)c2cc(S(=O)(=O)[O-])ccc21. The van der Waals surface area contributed by atoms with Crippen LogP contribution >= 0.6 is 0 Å². The summed E-state index contributed by atoms with van der Waals surface area (Å²) in [4.78, 5) is 27.3. The maximum absolute atomic E-state index is 12.9. The summed E-state index contributed by atoms with van der Waals surface area (Å²) >= 11 is 0. The Hall–Kier alpha value is -3.89. The number of hydrogen-bond acceptors (Lipinski definition) is 9. The molecule has 2 N–H and O–H groups in total. The third kappa shape index (κ3) is 11.0. The van der Waals surface area contributed by atoms with Crippen LogP contribution in [0.1, 0.15) is 91.7 Å². The number of nitrogens with one attached hydrogen (secondary N) is 1. The number of rotatable bonds is 17. The second-order valence-electron chi connectivity index (χ2n) is 16.5. The molecule has 0 saturated heterocycles. The van der Waals surface area contributed by atoms with Crippen molar-refractivity contribution in [1.82, 2.24) is 5.32 Å². The van der Waals surface area contributed by atoms with E-state index in [0.717, 1.165) is 33.9 Å². The molecule has 2 heterocycles. The van der Waals surface area contributed by atoms with Crippen LogP contribution in [-0.4, -0.2) is 89.1 Å². The fourth-order valence-electron chi connectivity index (χ4n) is 7.64. The number of amides is 1. The number of fused-ring (bicyclic) bond motifs is 2. The van der Waals surface area contributed by atoms with Gasteiger partial charge >= 0.3 is 0 Å². The molecule has 0 fully saturated rings. The highest BCUT2D eigenvalue weighted by Gasteiger charge is 2.45. The molecular weight excluding hydrogens is 787 g/mol. The lowest BCUT2D eigenvalue weighted by molar-refractivity contribution is -0.438. The number of Topliss-reactive ketones (excluding diaryl/α,β-unsaturated/α-hetero) is 1. The van der Waals surface area contributed by atoms with Gasteiger partial charge in [-0.1, -0.05) is 45.9 Å². The minimum atomic E-state index is -4.61. The number of anilines is 1. The maximum Gasteiger partial charge on any atom is 0.294 e. The molecule has 1 amide bonds. The lowest BCUT2D eigenvalue weighted by atomic mass is 9.81. The van der Waals surface area contributed by atoms with Crippen molar-refractivity contribution < 1.29 is 44.3 Å². The quantitative estimate of drug-likeness (QED) is 0.0627. The van der Waals surface area contributed by atoms with Crippen LogP contribution in [0, 0.1) is 5.92 Å². The van der Waals surface area contributed by atoms with Gasteiger partial charge in [0.25, 0.3) is 10.1 Å². The largest absolute Gasteiger partial charge is 0.744 e. The van der Waals surface area contributed by atoms with Crippen molar-refractivity contribution in [3.8, 4) is 0 Å². The molecule has 15 heteroatoms. The summed E-state index contributed by atoms with van der Waals surface area (Å²) in [6.45, 7) is 15.1. The Bertz CT molecular complexity index is 2370. The number of unbranched alkanes of at least 4 members (excludes halogenated alkanes) is 2. The molecule has 12 nitrogen and oxygen atoms in total. The standard InChI is InChI=1S/C42H57N3O9S3/c1-10-44-35-22-20-30(56(49,50)51)26-32(35)41(4,5)38(44)17-13-11-14-18-39-42(6,7)33-27-31(57(52,53)54)21-23-36(33)45(39)24-16-12-15-19-40(47)43-34(25-29(2)3)37(46)28-55(8,9)48/h11,13-14,17-18,20-23,26-29,34H,10,12,15-16,19,24-25H2,1-9H3,(H2-,43,47,49,50,51,52,53,54)/t34-/m0/s1. The zero-order valence-corrected chi connectivity index (χ0v) is 36.8. The second kappa shape index (κ2) is 17.5. The van der Waals surface area contributed by atoms with Gasteiger partial charge in [0, 0.05) is 71.8 Å². The van der Waals surface area contributed by atoms with Gasteiger partial charge < -0.3 is 14.8 Å². The second-order valence-corrected chi connectivity index (χ2v) is 22.2. The van der Waals surface area contributed by atoms with Crippen LogP contribution in [0.25, 0.3) is 0 Å². The summed E-state index contributed by atoms with van der Waals surface area (Å²) in [7, 11) is -11.5. The Morgan fingerprint density at radius 1 is 0.895 bits per heavy atom.